The molecule has 0 aliphatic carbocycles. The molecule has 2 heterocycles. The van der Waals surface area contributed by atoms with Crippen LogP contribution in [0.15, 0.2) is 17.1 Å². The second kappa shape index (κ2) is 7.13. The fourth-order valence-electron chi connectivity index (χ4n) is 2.36. The highest BCUT2D eigenvalue weighted by atomic mass is 32.1. The molecule has 1 aliphatic rings. The fraction of sp³-hybridized carbons (Fsp3) is 0.714. The SMILES string of the molecule is CCC(CS)Cn1ncc(N2CCN(C)CC2)cc1=O. The van der Waals surface area contributed by atoms with Crippen LogP contribution in [0.3, 0.4) is 0 Å². The van der Waals surface area contributed by atoms with Crippen molar-refractivity contribution in [2.75, 3.05) is 43.9 Å². The third kappa shape index (κ3) is 3.76. The van der Waals surface area contributed by atoms with E-state index in [0.717, 1.165) is 44.0 Å². The molecule has 1 aliphatic heterocycles. The summed E-state index contributed by atoms with van der Waals surface area (Å²) in [4.78, 5) is 16.7. The van der Waals surface area contributed by atoms with Crippen molar-refractivity contribution in [1.29, 1.82) is 0 Å². The average Bonchev–Trinajstić information content (AvgIpc) is 2.47. The van der Waals surface area contributed by atoms with E-state index in [9.17, 15) is 4.79 Å². The lowest BCUT2D eigenvalue weighted by molar-refractivity contribution is 0.312. The number of nitrogens with zero attached hydrogens (tertiary/aromatic N) is 4. The molecule has 6 heteroatoms. The topological polar surface area (TPSA) is 41.4 Å². The van der Waals surface area contributed by atoms with E-state index in [0.29, 0.717) is 12.5 Å². The van der Waals surface area contributed by atoms with Gasteiger partial charge in [0.25, 0.3) is 5.56 Å². The molecule has 2 rings (SSSR count). The van der Waals surface area contributed by atoms with Crippen molar-refractivity contribution in [2.24, 2.45) is 5.92 Å². The number of thiol groups is 1. The molecule has 0 amide bonds. The van der Waals surface area contributed by atoms with Crippen LogP contribution in [0.5, 0.6) is 0 Å². The summed E-state index contributed by atoms with van der Waals surface area (Å²) in [7, 11) is 2.12. The van der Waals surface area contributed by atoms with Gasteiger partial charge in [0.05, 0.1) is 11.9 Å². The lowest BCUT2D eigenvalue weighted by Gasteiger charge is -2.33. The minimum absolute atomic E-state index is 0.0124. The van der Waals surface area contributed by atoms with Crippen LogP contribution in [0, 0.1) is 5.92 Å². The van der Waals surface area contributed by atoms with Crippen molar-refractivity contribution in [2.45, 2.75) is 19.9 Å². The highest BCUT2D eigenvalue weighted by molar-refractivity contribution is 7.80. The zero-order chi connectivity index (χ0) is 14.5. The van der Waals surface area contributed by atoms with Gasteiger partial charge < -0.3 is 9.80 Å². The number of likely N-dealkylation sites (N-methyl/N-ethyl adjacent to an activating group) is 1. The van der Waals surface area contributed by atoms with Crippen LogP contribution in [0.25, 0.3) is 0 Å². The normalized spacial score (nSPS) is 18.2. The number of hydrogen-bond acceptors (Lipinski definition) is 5. The van der Waals surface area contributed by atoms with E-state index < -0.39 is 0 Å². The van der Waals surface area contributed by atoms with Crippen LogP contribution in [-0.4, -0.2) is 53.7 Å². The van der Waals surface area contributed by atoms with Gasteiger partial charge in [0, 0.05) is 38.8 Å². The predicted octanol–water partition coefficient (Wildman–Crippen LogP) is 0.951. The molecule has 1 fully saturated rings. The highest BCUT2D eigenvalue weighted by Crippen LogP contribution is 2.13. The molecule has 1 aromatic heterocycles. The second-order valence-corrected chi connectivity index (χ2v) is 5.85. The van der Waals surface area contributed by atoms with E-state index in [2.05, 4.69) is 41.5 Å². The number of hydrogen-bond donors (Lipinski definition) is 1. The van der Waals surface area contributed by atoms with Gasteiger partial charge in [0.1, 0.15) is 0 Å². The summed E-state index contributed by atoms with van der Waals surface area (Å²) in [5.74, 6) is 1.18. The molecule has 20 heavy (non-hydrogen) atoms. The smallest absolute Gasteiger partial charge is 0.268 e. The molecule has 1 atom stereocenters. The second-order valence-electron chi connectivity index (χ2n) is 5.48. The Kier molecular flexibility index (Phi) is 5.48. The first kappa shape index (κ1) is 15.4. The van der Waals surface area contributed by atoms with Crippen LogP contribution >= 0.6 is 12.6 Å². The van der Waals surface area contributed by atoms with Crippen molar-refractivity contribution in [3.8, 4) is 0 Å². The zero-order valence-electron chi connectivity index (χ0n) is 12.3. The van der Waals surface area contributed by atoms with Crippen molar-refractivity contribution in [1.82, 2.24) is 14.7 Å². The molecule has 0 spiro atoms. The minimum atomic E-state index is -0.0124. The average molecular weight is 296 g/mol. The predicted molar refractivity (Wildman–Crippen MR) is 85.8 cm³/mol. The van der Waals surface area contributed by atoms with Gasteiger partial charge in [0.15, 0.2) is 0 Å². The quantitative estimate of drug-likeness (QED) is 0.822. The standard InChI is InChI=1S/C14H24N4OS/c1-3-12(11-20)10-18-14(19)8-13(9-15-18)17-6-4-16(2)5-7-17/h8-9,12,20H,3-7,10-11H2,1-2H3. The van der Waals surface area contributed by atoms with E-state index in [4.69, 9.17) is 0 Å². The van der Waals surface area contributed by atoms with Crippen LogP contribution in [0.1, 0.15) is 13.3 Å². The Morgan fingerprint density at radius 3 is 2.60 bits per heavy atom. The zero-order valence-corrected chi connectivity index (χ0v) is 13.2. The summed E-state index contributed by atoms with van der Waals surface area (Å²) >= 11 is 4.32. The van der Waals surface area contributed by atoms with Crippen LogP contribution < -0.4 is 10.5 Å². The van der Waals surface area contributed by atoms with Crippen molar-refractivity contribution >= 4 is 18.3 Å². The molecular weight excluding hydrogens is 272 g/mol. The summed E-state index contributed by atoms with van der Waals surface area (Å²) in [5.41, 5.74) is 0.930. The fourth-order valence-corrected chi connectivity index (χ4v) is 2.73. The molecule has 0 saturated carbocycles. The van der Waals surface area contributed by atoms with Crippen molar-refractivity contribution < 1.29 is 0 Å². The van der Waals surface area contributed by atoms with Gasteiger partial charge >= 0.3 is 0 Å². The third-order valence-electron chi connectivity index (χ3n) is 3.99. The van der Waals surface area contributed by atoms with E-state index in [1.807, 2.05) is 6.20 Å². The maximum Gasteiger partial charge on any atom is 0.268 e. The Morgan fingerprint density at radius 2 is 2.05 bits per heavy atom. The largest absolute Gasteiger partial charge is 0.368 e. The molecule has 5 nitrogen and oxygen atoms in total. The molecule has 1 unspecified atom stereocenters. The maximum absolute atomic E-state index is 12.2. The Balaban J connectivity index is 2.07. The van der Waals surface area contributed by atoms with E-state index in [1.54, 1.807) is 10.7 Å². The number of anilines is 1. The molecule has 0 N–H and O–H groups in total. The first-order valence-corrected chi connectivity index (χ1v) is 7.88. The summed E-state index contributed by atoms with van der Waals surface area (Å²) in [6.07, 6.45) is 2.83. The van der Waals surface area contributed by atoms with Gasteiger partial charge in [-0.3, -0.25) is 4.79 Å². The minimum Gasteiger partial charge on any atom is -0.368 e. The molecule has 1 aromatic rings. The third-order valence-corrected chi connectivity index (χ3v) is 4.51. The summed E-state index contributed by atoms with van der Waals surface area (Å²) < 4.78 is 1.56. The Morgan fingerprint density at radius 1 is 1.35 bits per heavy atom. The van der Waals surface area contributed by atoms with E-state index >= 15 is 0 Å². The number of piperazine rings is 1. The van der Waals surface area contributed by atoms with E-state index in [-0.39, 0.29) is 5.56 Å². The molecular formula is C14H24N4OS. The van der Waals surface area contributed by atoms with Gasteiger partial charge in [-0.2, -0.15) is 17.7 Å². The number of aromatic nitrogens is 2. The van der Waals surface area contributed by atoms with Gasteiger partial charge in [-0.25, -0.2) is 4.68 Å². The summed E-state index contributed by atoms with van der Waals surface area (Å²) in [6, 6.07) is 1.71. The monoisotopic (exact) mass is 296 g/mol. The molecule has 0 radical (unpaired) electrons. The van der Waals surface area contributed by atoms with Gasteiger partial charge in [0.2, 0.25) is 0 Å². The van der Waals surface area contributed by atoms with Crippen molar-refractivity contribution in [3.05, 3.63) is 22.6 Å². The molecule has 112 valence electrons. The molecule has 0 bridgehead atoms. The van der Waals surface area contributed by atoms with Crippen LogP contribution in [0.2, 0.25) is 0 Å². The Labute approximate surface area is 126 Å². The van der Waals surface area contributed by atoms with E-state index in [1.165, 1.54) is 0 Å². The Bertz CT molecular complexity index is 478. The lowest BCUT2D eigenvalue weighted by Crippen LogP contribution is -2.45. The van der Waals surface area contributed by atoms with Crippen LogP contribution in [0.4, 0.5) is 5.69 Å². The van der Waals surface area contributed by atoms with Gasteiger partial charge in [-0.15, -0.1) is 0 Å². The number of rotatable bonds is 5. The lowest BCUT2D eigenvalue weighted by atomic mass is 10.1. The van der Waals surface area contributed by atoms with Gasteiger partial charge in [-0.05, 0) is 18.7 Å². The Hall–Kier alpha value is -1.01. The van der Waals surface area contributed by atoms with Crippen molar-refractivity contribution in [3.63, 3.8) is 0 Å². The highest BCUT2D eigenvalue weighted by Gasteiger charge is 2.16. The summed E-state index contributed by atoms with van der Waals surface area (Å²) in [6.45, 7) is 6.74. The molecule has 1 saturated heterocycles. The molecule has 0 aromatic carbocycles. The van der Waals surface area contributed by atoms with Crippen LogP contribution in [-0.2, 0) is 6.54 Å². The summed E-state index contributed by atoms with van der Waals surface area (Å²) in [5, 5.41) is 4.32. The maximum atomic E-state index is 12.2. The van der Waals surface area contributed by atoms with Gasteiger partial charge in [-0.1, -0.05) is 13.3 Å². The first-order chi connectivity index (χ1) is 9.63. The first-order valence-electron chi connectivity index (χ1n) is 7.25.